The first-order valence-electron chi connectivity index (χ1n) is 12.8. The van der Waals surface area contributed by atoms with E-state index in [4.69, 9.17) is 37.4 Å². The van der Waals surface area contributed by atoms with Gasteiger partial charge >= 0.3 is 12.2 Å². The number of halogens is 5. The zero-order chi connectivity index (χ0) is 30.9. The predicted molar refractivity (Wildman–Crippen MR) is 146 cm³/mol. The minimum Gasteiger partial charge on any atom is -0.467 e. The molecule has 228 valence electrons. The van der Waals surface area contributed by atoms with Gasteiger partial charge in [0.15, 0.2) is 5.82 Å². The Bertz CT molecular complexity index is 1450. The van der Waals surface area contributed by atoms with Gasteiger partial charge in [0, 0.05) is 37.7 Å². The van der Waals surface area contributed by atoms with E-state index < -0.39 is 40.8 Å². The number of carbonyl (C=O) groups is 1. The average Bonchev–Trinajstić information content (AvgIpc) is 3.22. The number of benzene rings is 1. The van der Waals surface area contributed by atoms with E-state index in [1.165, 1.54) is 28.2 Å². The van der Waals surface area contributed by atoms with Crippen LogP contribution >= 0.6 is 11.6 Å². The van der Waals surface area contributed by atoms with Gasteiger partial charge in [-0.05, 0) is 25.0 Å². The van der Waals surface area contributed by atoms with E-state index in [9.17, 15) is 18.0 Å². The number of hydroxylamine groups is 2. The molecule has 2 aliphatic heterocycles. The molecule has 16 heteroatoms. The summed E-state index contributed by atoms with van der Waals surface area (Å²) in [7, 11) is 4.02. The number of amides is 1. The summed E-state index contributed by atoms with van der Waals surface area (Å²) in [6, 6.07) is 0.901. The van der Waals surface area contributed by atoms with Crippen molar-refractivity contribution in [3.8, 4) is 6.01 Å². The maximum atomic E-state index is 15.2. The molecule has 11 nitrogen and oxygen atoms in total. The van der Waals surface area contributed by atoms with Crippen molar-refractivity contribution in [2.45, 2.75) is 38.7 Å². The first-order chi connectivity index (χ1) is 19.8. The smallest absolute Gasteiger partial charge is 0.417 e. The first-order valence-corrected chi connectivity index (χ1v) is 13.1. The molecule has 3 heterocycles. The molecule has 1 aromatic heterocycles. The van der Waals surface area contributed by atoms with Crippen LogP contribution in [0.15, 0.2) is 21.8 Å². The first kappa shape index (κ1) is 31.3. The highest BCUT2D eigenvalue weighted by atomic mass is 35.5. The fourth-order valence-corrected chi connectivity index (χ4v) is 5.10. The summed E-state index contributed by atoms with van der Waals surface area (Å²) in [4.78, 5) is 32.5. The summed E-state index contributed by atoms with van der Waals surface area (Å²) >= 11 is 6.49. The van der Waals surface area contributed by atoms with Crippen molar-refractivity contribution < 1.29 is 36.7 Å². The van der Waals surface area contributed by atoms with E-state index in [-0.39, 0.29) is 41.9 Å². The van der Waals surface area contributed by atoms with Gasteiger partial charge in [-0.1, -0.05) is 11.6 Å². The van der Waals surface area contributed by atoms with Crippen molar-refractivity contribution in [3.63, 3.8) is 0 Å². The Hall–Kier alpha value is -3.69. The number of hydrogen-bond acceptors (Lipinski definition) is 10. The lowest BCUT2D eigenvalue weighted by Crippen LogP contribution is -2.35. The molecular weight excluding hydrogens is 586 g/mol. The third kappa shape index (κ3) is 6.08. The lowest BCUT2D eigenvalue weighted by Gasteiger charge is -2.32. The number of aryl methyl sites for hydroxylation is 1. The third-order valence-corrected chi connectivity index (χ3v) is 7.40. The van der Waals surface area contributed by atoms with Gasteiger partial charge in [0.1, 0.15) is 11.5 Å². The number of methoxy groups -OCH3 is 1. The number of alkyl halides is 3. The van der Waals surface area contributed by atoms with Crippen molar-refractivity contribution in [2.24, 2.45) is 10.7 Å². The molecule has 0 saturated heterocycles. The number of likely N-dealkylation sites (N-methyl/N-ethyl adjacent to an activating group) is 1. The van der Waals surface area contributed by atoms with E-state index in [1.807, 2.05) is 4.90 Å². The summed E-state index contributed by atoms with van der Waals surface area (Å²) in [6.07, 6.45) is -5.80. The van der Waals surface area contributed by atoms with Gasteiger partial charge in [0.25, 0.3) is 5.91 Å². The Labute approximate surface area is 244 Å². The highest BCUT2D eigenvalue weighted by Gasteiger charge is 2.41. The molecule has 0 fully saturated rings. The summed E-state index contributed by atoms with van der Waals surface area (Å²) in [5.74, 6) is -1.49. The third-order valence-electron chi connectivity index (χ3n) is 6.98. The van der Waals surface area contributed by atoms with E-state index >= 15 is 4.39 Å². The van der Waals surface area contributed by atoms with E-state index in [0.29, 0.717) is 42.3 Å². The number of nitrogen functional groups attached to an aromatic ring is 1. The topological polar surface area (TPSA) is 141 Å². The fraction of sp³-hybridized carbons (Fsp3) is 0.462. The number of aliphatic imine (C=N–C) groups is 1. The molecule has 1 atom stereocenters. The lowest BCUT2D eigenvalue weighted by molar-refractivity contribution is -0.164. The van der Waals surface area contributed by atoms with Crippen LogP contribution in [0, 0.1) is 12.7 Å². The second kappa shape index (κ2) is 12.3. The molecule has 0 radical (unpaired) electrons. The summed E-state index contributed by atoms with van der Waals surface area (Å²) in [5.41, 5.74) is 10.1. The number of nitrogens with zero attached hydrogens (tertiary/aromatic N) is 5. The molecule has 42 heavy (non-hydrogen) atoms. The number of carbonyl (C=O) groups excluding carboxylic acids is 1. The molecule has 0 saturated carbocycles. The molecule has 4 N–H and O–H groups in total. The van der Waals surface area contributed by atoms with E-state index in [2.05, 4.69) is 15.0 Å². The van der Waals surface area contributed by atoms with Crippen LogP contribution in [-0.2, 0) is 33.6 Å². The zero-order valence-electron chi connectivity index (χ0n) is 23.3. The minimum atomic E-state index is -4.85. The molecule has 2 aromatic rings. The van der Waals surface area contributed by atoms with Gasteiger partial charge in [-0.2, -0.15) is 23.1 Å². The number of fused-ring (bicyclic) bond motifs is 1. The Morgan fingerprint density at radius 2 is 2.00 bits per heavy atom. The van der Waals surface area contributed by atoms with Crippen molar-refractivity contribution in [1.29, 1.82) is 0 Å². The van der Waals surface area contributed by atoms with Crippen LogP contribution in [0.1, 0.15) is 40.5 Å². The van der Waals surface area contributed by atoms with Crippen LogP contribution in [0.25, 0.3) is 0 Å². The zero-order valence-corrected chi connectivity index (χ0v) is 24.1. The van der Waals surface area contributed by atoms with Crippen molar-refractivity contribution in [2.75, 3.05) is 51.5 Å². The SMILES string of the molecule is COc1nc2c(c(N3CCCN=C(/C(Cl)=C(\N)C(=O)N(C)OC)C3)n1)COC(c1c(F)c(N)cc(C)c1C(F)(F)F)C2. The molecule has 1 unspecified atom stereocenters. The molecule has 0 spiro atoms. The molecule has 0 bridgehead atoms. The minimum absolute atomic E-state index is 0.0505. The number of ether oxygens (including phenoxy) is 2. The van der Waals surface area contributed by atoms with Crippen molar-refractivity contribution >= 4 is 34.7 Å². The molecule has 1 aromatic carbocycles. The standard InChI is InChI=1S/C26H30ClF4N7O4/c1-12-8-14(32)21(28)18(19(12)26(29,30)31)17-9-15-13(11-42-17)23(36-25(35-15)40-3)38-7-5-6-34-16(10-38)20(27)22(33)24(39)37(2)41-4/h8,17H,5-7,9-11,32-33H2,1-4H3/b22-20+. The van der Waals surface area contributed by atoms with E-state index in [0.717, 1.165) is 11.1 Å². The van der Waals surface area contributed by atoms with Gasteiger partial charge in [-0.25, -0.2) is 9.45 Å². The second-order valence-electron chi connectivity index (χ2n) is 9.66. The summed E-state index contributed by atoms with van der Waals surface area (Å²) in [6.45, 7) is 1.89. The lowest BCUT2D eigenvalue weighted by atomic mass is 9.91. The Morgan fingerprint density at radius 1 is 1.29 bits per heavy atom. The maximum absolute atomic E-state index is 15.2. The molecule has 4 rings (SSSR count). The molecular formula is C26H30ClF4N7O4. The van der Waals surface area contributed by atoms with Gasteiger partial charge in [0.2, 0.25) is 0 Å². The second-order valence-corrected chi connectivity index (χ2v) is 10.0. The highest BCUT2D eigenvalue weighted by molar-refractivity contribution is 6.45. The quantitative estimate of drug-likeness (QED) is 0.216. The number of nitrogens with two attached hydrogens (primary N) is 2. The van der Waals surface area contributed by atoms with Crippen LogP contribution in [0.5, 0.6) is 6.01 Å². The van der Waals surface area contributed by atoms with E-state index in [1.54, 1.807) is 0 Å². The van der Waals surface area contributed by atoms with Crippen LogP contribution in [0.3, 0.4) is 0 Å². The summed E-state index contributed by atoms with van der Waals surface area (Å²) in [5, 5.41) is 0.857. The Balaban J connectivity index is 1.73. The van der Waals surface area contributed by atoms with Gasteiger partial charge in [0.05, 0.1) is 61.2 Å². The maximum Gasteiger partial charge on any atom is 0.417 e. The molecule has 2 aliphatic rings. The number of rotatable bonds is 6. The highest BCUT2D eigenvalue weighted by Crippen LogP contribution is 2.44. The van der Waals surface area contributed by atoms with Crippen LogP contribution in [0.2, 0.25) is 0 Å². The number of hydrogen-bond donors (Lipinski definition) is 2. The number of aromatic nitrogens is 2. The normalized spacial score (nSPS) is 18.1. The van der Waals surface area contributed by atoms with Crippen molar-refractivity contribution in [3.05, 3.63) is 50.6 Å². The van der Waals surface area contributed by atoms with Gasteiger partial charge in [-0.3, -0.25) is 14.6 Å². The average molecular weight is 616 g/mol. The monoisotopic (exact) mass is 615 g/mol. The largest absolute Gasteiger partial charge is 0.467 e. The predicted octanol–water partition coefficient (Wildman–Crippen LogP) is 3.43. The summed E-state index contributed by atoms with van der Waals surface area (Å²) < 4.78 is 68.4. The fourth-order valence-electron chi connectivity index (χ4n) is 4.90. The van der Waals surface area contributed by atoms with Crippen LogP contribution in [0.4, 0.5) is 29.1 Å². The van der Waals surface area contributed by atoms with Crippen LogP contribution in [-0.4, -0.2) is 67.6 Å². The van der Waals surface area contributed by atoms with Gasteiger partial charge < -0.3 is 25.8 Å². The van der Waals surface area contributed by atoms with Crippen LogP contribution < -0.4 is 21.1 Å². The molecule has 0 aliphatic carbocycles. The van der Waals surface area contributed by atoms with Crippen molar-refractivity contribution in [1.82, 2.24) is 15.0 Å². The number of anilines is 2. The molecule has 1 amide bonds. The van der Waals surface area contributed by atoms with Gasteiger partial charge in [-0.15, -0.1) is 0 Å². The Morgan fingerprint density at radius 3 is 2.64 bits per heavy atom. The Kier molecular flexibility index (Phi) is 9.13.